The molecule has 0 amide bonds. The Labute approximate surface area is 153 Å². The van der Waals surface area contributed by atoms with E-state index in [9.17, 15) is 4.39 Å². The van der Waals surface area contributed by atoms with Crippen LogP contribution in [-0.2, 0) is 0 Å². The number of alkyl halides is 1. The standard InChI is InChI=1S/C20H20FN5.2H2/c1-12-14-3-6-22-8-13(14)7-15(12)16-9-23-18-17(16)10-24-19(26-18)25-11-20(21)4-2-5-20;;/h3,6-10,12H,2,4-5,11H2,1H3,(H2,23,24,25,26);2*1H. The number of aromatic nitrogens is 4. The fourth-order valence-electron chi connectivity index (χ4n) is 3.91. The molecule has 2 aliphatic carbocycles. The normalized spacial score (nSPS) is 20.5. The number of pyridine rings is 1. The minimum Gasteiger partial charge on any atom is -0.351 e. The highest BCUT2D eigenvalue weighted by molar-refractivity contribution is 6.00. The number of rotatable bonds is 4. The molecule has 3 aromatic rings. The van der Waals surface area contributed by atoms with Crippen molar-refractivity contribution >= 4 is 28.6 Å². The number of nitrogens with zero attached hydrogens (tertiary/aromatic N) is 3. The van der Waals surface area contributed by atoms with Crippen molar-refractivity contribution in [2.45, 2.75) is 37.8 Å². The summed E-state index contributed by atoms with van der Waals surface area (Å²) >= 11 is 0. The third kappa shape index (κ3) is 2.40. The first-order chi connectivity index (χ1) is 12.6. The van der Waals surface area contributed by atoms with Crippen molar-refractivity contribution in [3.63, 3.8) is 0 Å². The summed E-state index contributed by atoms with van der Waals surface area (Å²) in [5, 5.41) is 4.02. The lowest BCUT2D eigenvalue weighted by atomic mass is 9.82. The van der Waals surface area contributed by atoms with E-state index in [1.165, 1.54) is 11.1 Å². The van der Waals surface area contributed by atoms with E-state index in [1.807, 2.05) is 24.8 Å². The number of aromatic amines is 1. The largest absolute Gasteiger partial charge is 0.351 e. The summed E-state index contributed by atoms with van der Waals surface area (Å²) in [5.74, 6) is 0.769. The molecule has 3 heterocycles. The van der Waals surface area contributed by atoms with Crippen molar-refractivity contribution in [2.75, 3.05) is 11.9 Å². The van der Waals surface area contributed by atoms with Gasteiger partial charge in [0.25, 0.3) is 0 Å². The van der Waals surface area contributed by atoms with Crippen molar-refractivity contribution in [1.82, 2.24) is 19.9 Å². The van der Waals surface area contributed by atoms with Gasteiger partial charge in [-0.2, -0.15) is 4.98 Å². The lowest BCUT2D eigenvalue weighted by Gasteiger charge is -2.33. The molecule has 26 heavy (non-hydrogen) atoms. The molecule has 5 nitrogen and oxygen atoms in total. The number of fused-ring (bicyclic) bond motifs is 2. The van der Waals surface area contributed by atoms with Gasteiger partial charge in [0, 0.05) is 44.5 Å². The summed E-state index contributed by atoms with van der Waals surface area (Å²) in [7, 11) is 0. The molecule has 0 radical (unpaired) electrons. The van der Waals surface area contributed by atoms with E-state index in [4.69, 9.17) is 0 Å². The lowest BCUT2D eigenvalue weighted by molar-refractivity contribution is 0.0782. The Bertz CT molecular complexity index is 1030. The molecule has 2 aliphatic rings. The van der Waals surface area contributed by atoms with Gasteiger partial charge in [-0.15, -0.1) is 0 Å². The van der Waals surface area contributed by atoms with Crippen LogP contribution in [0.2, 0.25) is 0 Å². The molecule has 1 fully saturated rings. The highest BCUT2D eigenvalue weighted by Crippen LogP contribution is 2.43. The summed E-state index contributed by atoms with van der Waals surface area (Å²) in [4.78, 5) is 16.4. The molecule has 136 valence electrons. The quantitative estimate of drug-likeness (QED) is 0.706. The zero-order valence-corrected chi connectivity index (χ0v) is 14.6. The Kier molecular flexibility index (Phi) is 3.35. The smallest absolute Gasteiger partial charge is 0.224 e. The van der Waals surface area contributed by atoms with Gasteiger partial charge >= 0.3 is 0 Å². The van der Waals surface area contributed by atoms with Crippen molar-refractivity contribution in [2.24, 2.45) is 0 Å². The average Bonchev–Trinajstić information content (AvgIpc) is 3.19. The number of anilines is 1. The van der Waals surface area contributed by atoms with E-state index in [0.29, 0.717) is 24.7 Å². The highest BCUT2D eigenvalue weighted by atomic mass is 19.1. The molecule has 5 rings (SSSR count). The number of hydrogen-bond acceptors (Lipinski definition) is 4. The molecule has 2 N–H and O–H groups in total. The SMILES string of the molecule is CC1C(c2c[nH]c3nc(NCC4(F)CCC4)ncc23)=Cc2cnccc21.[HH].[HH]. The minimum atomic E-state index is -1.09. The van der Waals surface area contributed by atoms with Crippen LogP contribution in [0.5, 0.6) is 0 Å². The molecule has 0 bridgehead atoms. The highest BCUT2D eigenvalue weighted by Gasteiger charge is 2.36. The Morgan fingerprint density at radius 3 is 3.04 bits per heavy atom. The zero-order chi connectivity index (χ0) is 17.7. The lowest BCUT2D eigenvalue weighted by Crippen LogP contribution is -2.39. The Hall–Kier alpha value is -2.76. The van der Waals surface area contributed by atoms with E-state index in [1.54, 1.807) is 0 Å². The van der Waals surface area contributed by atoms with Crippen molar-refractivity contribution < 1.29 is 7.24 Å². The molecule has 0 aromatic carbocycles. The summed E-state index contributed by atoms with van der Waals surface area (Å²) in [5.41, 5.74) is 4.47. The van der Waals surface area contributed by atoms with Gasteiger partial charge < -0.3 is 10.3 Å². The fourth-order valence-corrected chi connectivity index (χ4v) is 3.91. The first kappa shape index (κ1) is 15.5. The predicted octanol–water partition coefficient (Wildman–Crippen LogP) is 4.81. The van der Waals surface area contributed by atoms with E-state index >= 15 is 0 Å². The second-order valence-electron chi connectivity index (χ2n) is 7.34. The van der Waals surface area contributed by atoms with Gasteiger partial charge in [0.15, 0.2) is 0 Å². The average molecular weight is 353 g/mol. The van der Waals surface area contributed by atoms with Crippen molar-refractivity contribution in [3.05, 3.63) is 47.5 Å². The number of nitrogens with one attached hydrogen (secondary N) is 2. The molecule has 3 aromatic heterocycles. The third-order valence-electron chi connectivity index (χ3n) is 5.69. The van der Waals surface area contributed by atoms with Gasteiger partial charge in [0.05, 0.1) is 6.54 Å². The molecule has 1 unspecified atom stereocenters. The molecule has 1 atom stereocenters. The van der Waals surface area contributed by atoms with Gasteiger partial charge in [-0.25, -0.2) is 9.37 Å². The number of allylic oxidation sites excluding steroid dienone is 1. The first-order valence-corrected chi connectivity index (χ1v) is 9.06. The predicted molar refractivity (Wildman–Crippen MR) is 105 cm³/mol. The van der Waals surface area contributed by atoms with Gasteiger partial charge in [-0.05, 0) is 48.1 Å². The Balaban J connectivity index is 0.00000112. The number of halogens is 1. The molecule has 0 saturated heterocycles. The second kappa shape index (κ2) is 5.62. The van der Waals surface area contributed by atoms with Crippen LogP contribution in [-0.4, -0.2) is 32.1 Å². The molecule has 0 spiro atoms. The van der Waals surface area contributed by atoms with Crippen LogP contribution in [0, 0.1) is 0 Å². The molecule has 0 aliphatic heterocycles. The van der Waals surface area contributed by atoms with Crippen LogP contribution in [0.4, 0.5) is 10.3 Å². The van der Waals surface area contributed by atoms with Gasteiger partial charge in [-0.1, -0.05) is 6.92 Å². The maximum absolute atomic E-state index is 14.1. The maximum atomic E-state index is 14.1. The summed E-state index contributed by atoms with van der Waals surface area (Å²) in [6.07, 6.45) is 11.9. The second-order valence-corrected chi connectivity index (χ2v) is 7.34. The topological polar surface area (TPSA) is 66.5 Å². The van der Waals surface area contributed by atoms with Crippen LogP contribution in [0.3, 0.4) is 0 Å². The number of H-pyrrole nitrogens is 1. The van der Waals surface area contributed by atoms with E-state index in [-0.39, 0.29) is 9.40 Å². The monoisotopic (exact) mass is 353 g/mol. The van der Waals surface area contributed by atoms with Crippen LogP contribution < -0.4 is 5.32 Å². The third-order valence-corrected chi connectivity index (χ3v) is 5.69. The van der Waals surface area contributed by atoms with Crippen molar-refractivity contribution in [3.8, 4) is 0 Å². The summed E-state index contributed by atoms with van der Waals surface area (Å²) in [6.45, 7) is 2.48. The summed E-state index contributed by atoms with van der Waals surface area (Å²) in [6, 6.07) is 2.07. The van der Waals surface area contributed by atoms with Crippen molar-refractivity contribution in [1.29, 1.82) is 0 Å². The molecule has 1 saturated carbocycles. The van der Waals surface area contributed by atoms with Crippen LogP contribution in [0.1, 0.15) is 51.6 Å². The first-order valence-electron chi connectivity index (χ1n) is 9.06. The van der Waals surface area contributed by atoms with E-state index < -0.39 is 5.67 Å². The Morgan fingerprint density at radius 2 is 2.27 bits per heavy atom. The molecular formula is C20H24FN5. The minimum absolute atomic E-state index is 0. The number of hydrogen-bond donors (Lipinski definition) is 2. The van der Waals surface area contributed by atoms with Gasteiger partial charge in [0.1, 0.15) is 11.3 Å². The zero-order valence-electron chi connectivity index (χ0n) is 14.6. The van der Waals surface area contributed by atoms with E-state index in [2.05, 4.69) is 44.3 Å². The Morgan fingerprint density at radius 1 is 1.38 bits per heavy atom. The summed E-state index contributed by atoms with van der Waals surface area (Å²) < 4.78 is 14.1. The van der Waals surface area contributed by atoms with Gasteiger partial charge in [0.2, 0.25) is 5.95 Å². The van der Waals surface area contributed by atoms with E-state index in [0.717, 1.165) is 28.6 Å². The maximum Gasteiger partial charge on any atom is 0.224 e. The fraction of sp³-hybridized carbons (Fsp3) is 0.350. The molecular weight excluding hydrogens is 329 g/mol. The van der Waals surface area contributed by atoms with Gasteiger partial charge in [-0.3, -0.25) is 4.98 Å². The molecule has 6 heteroatoms. The van der Waals surface area contributed by atoms with Crippen LogP contribution in [0.25, 0.3) is 22.7 Å². The van der Waals surface area contributed by atoms with Crippen LogP contribution in [0.15, 0.2) is 30.9 Å². The van der Waals surface area contributed by atoms with Crippen LogP contribution >= 0.6 is 0 Å².